The molecule has 3 aromatic rings. The summed E-state index contributed by atoms with van der Waals surface area (Å²) in [6.45, 7) is 0. The Bertz CT molecular complexity index is 821. The molecule has 114 valence electrons. The smallest absolute Gasteiger partial charge is 0.258 e. The maximum atomic E-state index is 10.9. The van der Waals surface area contributed by atoms with E-state index in [0.29, 0.717) is 0 Å². The summed E-state index contributed by atoms with van der Waals surface area (Å²) in [5.41, 5.74) is 0.0800. The lowest BCUT2D eigenvalue weighted by Gasteiger charge is -2.23. The van der Waals surface area contributed by atoms with Crippen molar-refractivity contribution in [3.05, 3.63) is 95.0 Å². The van der Waals surface area contributed by atoms with Gasteiger partial charge in [-0.05, 0) is 28.0 Å². The topological polar surface area (TPSA) is 43.1 Å². The lowest BCUT2D eigenvalue weighted by molar-refractivity contribution is -0.384. The van der Waals surface area contributed by atoms with Crippen LogP contribution in [-0.4, -0.2) is 4.92 Å². The van der Waals surface area contributed by atoms with Crippen LogP contribution in [0.15, 0.2) is 84.9 Å². The van der Waals surface area contributed by atoms with Crippen LogP contribution in [0.2, 0.25) is 0 Å². The number of hydrogen-bond donors (Lipinski definition) is 0. The fraction of sp³-hybridized carbons (Fsp3) is 0. The predicted molar refractivity (Wildman–Crippen MR) is 99.2 cm³/mol. The van der Waals surface area contributed by atoms with Crippen LogP contribution >= 0.6 is 6.04 Å². The number of nitro benzene ring substituents is 1. The van der Waals surface area contributed by atoms with Crippen molar-refractivity contribution in [2.75, 3.05) is 0 Å². The third-order valence-electron chi connectivity index (χ3n) is 3.66. The minimum absolute atomic E-state index is 0.0800. The molecule has 3 aromatic carbocycles. The van der Waals surface area contributed by atoms with Crippen LogP contribution in [0.1, 0.15) is 0 Å². The molecule has 3 nitrogen and oxygen atoms in total. The van der Waals surface area contributed by atoms with Crippen molar-refractivity contribution in [2.45, 2.75) is 0 Å². The van der Waals surface area contributed by atoms with Crippen molar-refractivity contribution in [3.8, 4) is 0 Å². The molecule has 5 heteroatoms. The molecule has 0 aliphatic carbocycles. The van der Waals surface area contributed by atoms with Crippen LogP contribution in [0.25, 0.3) is 0 Å². The quantitative estimate of drug-likeness (QED) is 0.416. The van der Waals surface area contributed by atoms with Gasteiger partial charge in [0.2, 0.25) is 0 Å². The summed E-state index contributed by atoms with van der Waals surface area (Å²) in [4.78, 5) is 10.5. The monoisotopic (exact) mass is 339 g/mol. The first-order chi connectivity index (χ1) is 11.1. The molecular formula is C18H14NO2PS. The van der Waals surface area contributed by atoms with Gasteiger partial charge in [0.05, 0.1) is 4.92 Å². The zero-order valence-electron chi connectivity index (χ0n) is 12.2. The third-order valence-corrected chi connectivity index (χ3v) is 8.64. The number of nitrogens with zero attached hydrogens (tertiary/aromatic N) is 1. The summed E-state index contributed by atoms with van der Waals surface area (Å²) in [6, 6.07) is 24.4. The fourth-order valence-corrected chi connectivity index (χ4v) is 6.25. The molecule has 0 bridgehead atoms. The zero-order valence-corrected chi connectivity index (χ0v) is 13.9. The van der Waals surface area contributed by atoms with E-state index >= 15 is 0 Å². The fourth-order valence-electron chi connectivity index (χ4n) is 2.51. The molecule has 0 aliphatic heterocycles. The van der Waals surface area contributed by atoms with Gasteiger partial charge in [-0.1, -0.05) is 72.5 Å². The Kier molecular flexibility index (Phi) is 4.37. The van der Waals surface area contributed by atoms with E-state index in [-0.39, 0.29) is 5.69 Å². The van der Waals surface area contributed by atoms with Gasteiger partial charge in [0, 0.05) is 18.2 Å². The standard InChI is InChI=1S/C18H14NO2PS/c20-19(21)15-11-13-18(14-12-15)22(23,16-7-3-1-4-8-16)17-9-5-2-6-10-17/h1-14H. The molecule has 23 heavy (non-hydrogen) atoms. The Hall–Kier alpha value is -2.29. The Morgan fingerprint density at radius 2 is 1.09 bits per heavy atom. The van der Waals surface area contributed by atoms with Crippen LogP contribution < -0.4 is 15.9 Å². The number of rotatable bonds is 4. The predicted octanol–water partition coefficient (Wildman–Crippen LogP) is 3.35. The largest absolute Gasteiger partial charge is 0.269 e. The summed E-state index contributed by atoms with van der Waals surface area (Å²) < 4.78 is 0. The second-order valence-electron chi connectivity index (χ2n) is 5.05. The van der Waals surface area contributed by atoms with Gasteiger partial charge in [-0.2, -0.15) is 0 Å². The average molecular weight is 339 g/mol. The SMILES string of the molecule is O=[N+]([O-])c1ccc(P(=S)(c2ccccc2)c2ccccc2)cc1. The van der Waals surface area contributed by atoms with E-state index in [2.05, 4.69) is 0 Å². The van der Waals surface area contributed by atoms with Crippen molar-refractivity contribution in [1.29, 1.82) is 0 Å². The van der Waals surface area contributed by atoms with Gasteiger partial charge in [-0.15, -0.1) is 0 Å². The molecule has 0 radical (unpaired) electrons. The van der Waals surface area contributed by atoms with Crippen LogP contribution in [-0.2, 0) is 11.8 Å². The van der Waals surface area contributed by atoms with E-state index in [1.807, 2.05) is 60.7 Å². The van der Waals surface area contributed by atoms with E-state index in [4.69, 9.17) is 11.8 Å². The molecule has 0 unspecified atom stereocenters. The molecule has 0 heterocycles. The maximum absolute atomic E-state index is 10.9. The number of benzene rings is 3. The highest BCUT2D eigenvalue weighted by Crippen LogP contribution is 2.42. The summed E-state index contributed by atoms with van der Waals surface area (Å²) in [6.07, 6.45) is 0. The molecule has 0 spiro atoms. The van der Waals surface area contributed by atoms with Crippen LogP contribution in [0, 0.1) is 10.1 Å². The molecule has 0 saturated carbocycles. The molecule has 0 aromatic heterocycles. The minimum atomic E-state index is -2.22. The van der Waals surface area contributed by atoms with Gasteiger partial charge in [-0.25, -0.2) is 0 Å². The molecular weight excluding hydrogens is 325 g/mol. The highest BCUT2D eigenvalue weighted by molar-refractivity contribution is 8.25. The van der Waals surface area contributed by atoms with Crippen LogP contribution in [0.3, 0.4) is 0 Å². The van der Waals surface area contributed by atoms with Crippen molar-refractivity contribution >= 4 is 39.4 Å². The number of hydrogen-bond acceptors (Lipinski definition) is 3. The molecule has 0 saturated heterocycles. The van der Waals surface area contributed by atoms with Gasteiger partial charge < -0.3 is 0 Å². The number of nitro groups is 1. The highest BCUT2D eigenvalue weighted by Gasteiger charge is 2.25. The lowest BCUT2D eigenvalue weighted by Crippen LogP contribution is -2.24. The van der Waals surface area contributed by atoms with E-state index in [1.54, 1.807) is 12.1 Å². The van der Waals surface area contributed by atoms with Crippen molar-refractivity contribution in [3.63, 3.8) is 0 Å². The normalized spacial score (nSPS) is 11.1. The van der Waals surface area contributed by atoms with Gasteiger partial charge in [0.1, 0.15) is 0 Å². The molecule has 0 amide bonds. The Morgan fingerprint density at radius 3 is 1.48 bits per heavy atom. The third kappa shape index (κ3) is 2.96. The second kappa shape index (κ2) is 6.45. The molecule has 0 N–H and O–H groups in total. The first kappa shape index (κ1) is 15.6. The molecule has 3 rings (SSSR count). The van der Waals surface area contributed by atoms with E-state index in [0.717, 1.165) is 15.9 Å². The summed E-state index contributed by atoms with van der Waals surface area (Å²) in [5, 5.41) is 14.0. The van der Waals surface area contributed by atoms with Gasteiger partial charge >= 0.3 is 0 Å². The van der Waals surface area contributed by atoms with Crippen molar-refractivity contribution in [2.24, 2.45) is 0 Å². The van der Waals surface area contributed by atoms with Gasteiger partial charge in [0.15, 0.2) is 0 Å². The van der Waals surface area contributed by atoms with E-state index in [9.17, 15) is 10.1 Å². The van der Waals surface area contributed by atoms with E-state index < -0.39 is 11.0 Å². The van der Waals surface area contributed by atoms with Crippen molar-refractivity contribution in [1.82, 2.24) is 0 Å². The summed E-state index contributed by atoms with van der Waals surface area (Å²) in [7, 11) is 0. The molecule has 0 aliphatic rings. The maximum Gasteiger partial charge on any atom is 0.269 e. The van der Waals surface area contributed by atoms with E-state index in [1.165, 1.54) is 12.1 Å². The average Bonchev–Trinajstić information content (AvgIpc) is 2.62. The highest BCUT2D eigenvalue weighted by atomic mass is 32.4. The second-order valence-corrected chi connectivity index (χ2v) is 9.46. The van der Waals surface area contributed by atoms with Crippen LogP contribution in [0.5, 0.6) is 0 Å². The molecule has 0 fully saturated rings. The van der Waals surface area contributed by atoms with Gasteiger partial charge in [0.25, 0.3) is 5.69 Å². The Labute approximate surface area is 139 Å². The van der Waals surface area contributed by atoms with Crippen molar-refractivity contribution < 1.29 is 4.92 Å². The zero-order chi connectivity index (χ0) is 16.3. The first-order valence-corrected chi connectivity index (χ1v) is 9.89. The van der Waals surface area contributed by atoms with Gasteiger partial charge in [-0.3, -0.25) is 10.1 Å². The lowest BCUT2D eigenvalue weighted by atomic mass is 10.3. The summed E-state index contributed by atoms with van der Waals surface area (Å²) in [5.74, 6) is 0. The minimum Gasteiger partial charge on any atom is -0.258 e. The number of non-ortho nitro benzene ring substituents is 1. The Balaban J connectivity index is 2.21. The summed E-state index contributed by atoms with van der Waals surface area (Å²) >= 11 is 6.15. The Morgan fingerprint density at radius 1 is 0.696 bits per heavy atom. The molecule has 0 atom stereocenters. The first-order valence-electron chi connectivity index (χ1n) is 7.08. The van der Waals surface area contributed by atoms with Crippen LogP contribution in [0.4, 0.5) is 5.69 Å².